The number of carbonyl (C=O) groups excluding carboxylic acids is 1. The maximum Gasteiger partial charge on any atom is 0.234 e. The Bertz CT molecular complexity index is 458. The lowest BCUT2D eigenvalue weighted by Gasteiger charge is -2.35. The van der Waals surface area contributed by atoms with Crippen molar-refractivity contribution in [3.8, 4) is 0 Å². The first-order valence-electron chi connectivity index (χ1n) is 6.96. The van der Waals surface area contributed by atoms with Gasteiger partial charge in [0.2, 0.25) is 5.91 Å². The van der Waals surface area contributed by atoms with Gasteiger partial charge < -0.3 is 5.32 Å². The summed E-state index contributed by atoms with van der Waals surface area (Å²) in [6, 6.07) is 8.99. The number of benzene rings is 1. The summed E-state index contributed by atoms with van der Waals surface area (Å²) in [6.07, 6.45) is 1.71. The molecule has 1 N–H and O–H groups in total. The monoisotopic (exact) mass is 290 g/mol. The van der Waals surface area contributed by atoms with Gasteiger partial charge in [0.15, 0.2) is 0 Å². The molecule has 1 aromatic carbocycles. The van der Waals surface area contributed by atoms with Crippen molar-refractivity contribution >= 4 is 17.7 Å². The second kappa shape index (κ2) is 7.50. The molecule has 0 bridgehead atoms. The molecule has 20 heavy (non-hydrogen) atoms. The van der Waals surface area contributed by atoms with Gasteiger partial charge in [-0.15, -0.1) is 6.58 Å². The maximum absolute atomic E-state index is 11.9. The molecule has 4 heteroatoms. The van der Waals surface area contributed by atoms with E-state index in [9.17, 15) is 4.79 Å². The van der Waals surface area contributed by atoms with Gasteiger partial charge in [0.05, 0.1) is 6.54 Å². The predicted octanol–water partition coefficient (Wildman–Crippen LogP) is 2.39. The smallest absolute Gasteiger partial charge is 0.234 e. The normalized spacial score (nSPS) is 19.6. The number of hydrogen-bond donors (Lipinski definition) is 1. The average molecular weight is 290 g/mol. The van der Waals surface area contributed by atoms with E-state index in [-0.39, 0.29) is 5.91 Å². The number of nitrogens with zero attached hydrogens (tertiary/aromatic N) is 1. The average Bonchev–Trinajstić information content (AvgIpc) is 2.47. The molecule has 3 nitrogen and oxygen atoms in total. The van der Waals surface area contributed by atoms with Crippen molar-refractivity contribution in [3.63, 3.8) is 0 Å². The van der Waals surface area contributed by atoms with Crippen molar-refractivity contribution in [1.29, 1.82) is 0 Å². The molecule has 1 aromatic rings. The summed E-state index contributed by atoms with van der Waals surface area (Å²) in [7, 11) is 0. The first-order chi connectivity index (χ1) is 9.70. The van der Waals surface area contributed by atoms with Crippen LogP contribution in [0.4, 0.5) is 0 Å². The van der Waals surface area contributed by atoms with Gasteiger partial charge in [0, 0.05) is 30.6 Å². The molecule has 1 unspecified atom stereocenters. The van der Waals surface area contributed by atoms with Crippen LogP contribution in [0.2, 0.25) is 0 Å². The minimum absolute atomic E-state index is 0.0777. The molecule has 1 aliphatic rings. The van der Waals surface area contributed by atoms with E-state index in [4.69, 9.17) is 0 Å². The summed E-state index contributed by atoms with van der Waals surface area (Å²) in [5, 5.41) is 2.86. The molecule has 1 atom stereocenters. The van der Waals surface area contributed by atoms with Gasteiger partial charge in [-0.1, -0.05) is 35.9 Å². The van der Waals surface area contributed by atoms with Gasteiger partial charge in [-0.05, 0) is 12.5 Å². The number of amides is 1. The van der Waals surface area contributed by atoms with E-state index < -0.39 is 0 Å². The Labute approximate surface area is 125 Å². The molecule has 0 radical (unpaired) electrons. The van der Waals surface area contributed by atoms with Gasteiger partial charge in [-0.2, -0.15) is 11.8 Å². The van der Waals surface area contributed by atoms with Crippen LogP contribution in [0.3, 0.4) is 0 Å². The molecule has 1 aliphatic heterocycles. The summed E-state index contributed by atoms with van der Waals surface area (Å²) in [5.74, 6) is 2.23. The van der Waals surface area contributed by atoms with Crippen LogP contribution in [0.25, 0.3) is 0 Å². The minimum Gasteiger partial charge on any atom is -0.352 e. The zero-order valence-electron chi connectivity index (χ0n) is 12.0. The molecular weight excluding hydrogens is 268 g/mol. The fourth-order valence-corrected chi connectivity index (χ4v) is 3.51. The molecular formula is C16H22N2OS. The summed E-state index contributed by atoms with van der Waals surface area (Å²) < 4.78 is 0. The van der Waals surface area contributed by atoms with Crippen molar-refractivity contribution in [2.45, 2.75) is 13.0 Å². The van der Waals surface area contributed by atoms with Crippen molar-refractivity contribution in [1.82, 2.24) is 10.2 Å². The van der Waals surface area contributed by atoms with E-state index in [0.29, 0.717) is 19.1 Å². The lowest BCUT2D eigenvalue weighted by Crippen LogP contribution is -2.43. The van der Waals surface area contributed by atoms with Crippen LogP contribution in [0, 0.1) is 6.92 Å². The highest BCUT2D eigenvalue weighted by atomic mass is 32.2. The Morgan fingerprint density at radius 3 is 2.95 bits per heavy atom. The third kappa shape index (κ3) is 4.12. The molecule has 2 rings (SSSR count). The Balaban J connectivity index is 2.03. The number of nitrogens with one attached hydrogen (secondary N) is 1. The Kier molecular flexibility index (Phi) is 5.68. The van der Waals surface area contributed by atoms with Gasteiger partial charge in [0.25, 0.3) is 0 Å². The number of thioether (sulfide) groups is 1. The number of aryl methyl sites for hydroxylation is 1. The van der Waals surface area contributed by atoms with Crippen LogP contribution in [-0.4, -0.2) is 41.9 Å². The molecule has 1 amide bonds. The van der Waals surface area contributed by atoms with Crippen LogP contribution in [0.5, 0.6) is 0 Å². The van der Waals surface area contributed by atoms with Gasteiger partial charge in [-0.3, -0.25) is 9.69 Å². The fourth-order valence-electron chi connectivity index (χ4n) is 2.35. The summed E-state index contributed by atoms with van der Waals surface area (Å²) in [5.41, 5.74) is 2.58. The number of carbonyl (C=O) groups is 1. The topological polar surface area (TPSA) is 32.3 Å². The number of hydrogen-bond acceptors (Lipinski definition) is 3. The van der Waals surface area contributed by atoms with E-state index in [1.54, 1.807) is 6.08 Å². The minimum atomic E-state index is 0.0777. The molecule has 1 saturated heterocycles. The zero-order valence-corrected chi connectivity index (χ0v) is 12.8. The van der Waals surface area contributed by atoms with E-state index in [1.807, 2.05) is 11.8 Å². The quantitative estimate of drug-likeness (QED) is 0.845. The van der Waals surface area contributed by atoms with E-state index >= 15 is 0 Å². The highest BCUT2D eigenvalue weighted by molar-refractivity contribution is 7.99. The summed E-state index contributed by atoms with van der Waals surface area (Å²) in [4.78, 5) is 14.2. The van der Waals surface area contributed by atoms with Crippen LogP contribution in [-0.2, 0) is 4.79 Å². The Morgan fingerprint density at radius 2 is 2.25 bits per heavy atom. The van der Waals surface area contributed by atoms with Gasteiger partial charge >= 0.3 is 0 Å². The lowest BCUT2D eigenvalue weighted by atomic mass is 10.0. The third-order valence-electron chi connectivity index (χ3n) is 3.49. The van der Waals surface area contributed by atoms with Crippen molar-refractivity contribution in [2.24, 2.45) is 0 Å². The van der Waals surface area contributed by atoms with Crippen LogP contribution in [0.1, 0.15) is 17.2 Å². The van der Waals surface area contributed by atoms with Crippen molar-refractivity contribution in [3.05, 3.63) is 48.0 Å². The van der Waals surface area contributed by atoms with Gasteiger partial charge in [-0.25, -0.2) is 0 Å². The van der Waals surface area contributed by atoms with Crippen molar-refractivity contribution < 1.29 is 4.79 Å². The molecule has 1 fully saturated rings. The van der Waals surface area contributed by atoms with Crippen LogP contribution < -0.4 is 5.32 Å². The Hall–Kier alpha value is -1.26. The van der Waals surface area contributed by atoms with E-state index in [1.165, 1.54) is 11.1 Å². The van der Waals surface area contributed by atoms with Crippen molar-refractivity contribution in [2.75, 3.05) is 31.1 Å². The first kappa shape index (κ1) is 15.1. The summed E-state index contributed by atoms with van der Waals surface area (Å²) >= 11 is 1.96. The largest absolute Gasteiger partial charge is 0.352 e. The summed E-state index contributed by atoms with van der Waals surface area (Å²) in [6.45, 7) is 7.68. The highest BCUT2D eigenvalue weighted by Gasteiger charge is 2.25. The van der Waals surface area contributed by atoms with E-state index in [2.05, 4.69) is 48.0 Å². The molecule has 108 valence electrons. The van der Waals surface area contributed by atoms with Crippen LogP contribution in [0.15, 0.2) is 36.9 Å². The second-order valence-electron chi connectivity index (χ2n) is 5.06. The van der Waals surface area contributed by atoms with Gasteiger partial charge in [0.1, 0.15) is 0 Å². The predicted molar refractivity (Wildman–Crippen MR) is 86.0 cm³/mol. The van der Waals surface area contributed by atoms with Crippen LogP contribution >= 0.6 is 11.8 Å². The highest BCUT2D eigenvalue weighted by Crippen LogP contribution is 2.29. The van der Waals surface area contributed by atoms with E-state index in [0.717, 1.165) is 18.1 Å². The third-order valence-corrected chi connectivity index (χ3v) is 4.51. The maximum atomic E-state index is 11.9. The first-order valence-corrected chi connectivity index (χ1v) is 8.12. The Morgan fingerprint density at radius 1 is 1.50 bits per heavy atom. The molecule has 1 heterocycles. The lowest BCUT2D eigenvalue weighted by molar-refractivity contribution is -0.122. The zero-order chi connectivity index (χ0) is 14.4. The SMILES string of the molecule is C=CCNC(=O)CN1CCSCC1c1ccc(C)cc1. The second-order valence-corrected chi connectivity index (χ2v) is 6.21. The number of rotatable bonds is 5. The molecule has 0 spiro atoms. The standard InChI is InChI=1S/C16H22N2OS/c1-3-8-17-16(19)11-18-9-10-20-12-15(18)14-6-4-13(2)5-7-14/h3-7,15H,1,8-12H2,2H3,(H,17,19). The molecule has 0 aliphatic carbocycles. The molecule has 0 saturated carbocycles. The fraction of sp³-hybridized carbons (Fsp3) is 0.438. The molecule has 0 aromatic heterocycles.